The van der Waals surface area contributed by atoms with E-state index in [0.717, 1.165) is 32.5 Å². The van der Waals surface area contributed by atoms with Gasteiger partial charge in [-0.15, -0.1) is 0 Å². The lowest BCUT2D eigenvalue weighted by Gasteiger charge is -2.42. The minimum absolute atomic E-state index is 0.262. The topological polar surface area (TPSA) is 44.8 Å². The van der Waals surface area contributed by atoms with Crippen molar-refractivity contribution in [3.63, 3.8) is 0 Å². The molecule has 2 rings (SSSR count). The molecule has 2 atom stereocenters. The largest absolute Gasteiger partial charge is 0.444 e. The molecule has 2 aliphatic rings. The average molecular weight is 311 g/mol. The average Bonchev–Trinajstić information content (AvgIpc) is 2.45. The summed E-state index contributed by atoms with van der Waals surface area (Å²) >= 11 is 0. The molecule has 1 amide bonds. The number of amides is 1. The van der Waals surface area contributed by atoms with Crippen LogP contribution in [0, 0.1) is 0 Å². The first-order valence-corrected chi connectivity index (χ1v) is 8.83. The molecule has 1 N–H and O–H groups in total. The predicted molar refractivity (Wildman–Crippen MR) is 89.1 cm³/mol. The second kappa shape index (κ2) is 7.64. The summed E-state index contributed by atoms with van der Waals surface area (Å²) < 4.78 is 5.38. The lowest BCUT2D eigenvalue weighted by Crippen LogP contribution is -2.53. The normalized spacial score (nSPS) is 28.4. The highest BCUT2D eigenvalue weighted by Gasteiger charge is 2.30. The lowest BCUT2D eigenvalue weighted by molar-refractivity contribution is 0.0436. The van der Waals surface area contributed by atoms with E-state index in [1.165, 1.54) is 25.9 Å². The third-order valence-electron chi connectivity index (χ3n) is 4.74. The highest BCUT2D eigenvalue weighted by atomic mass is 16.6. The number of hydrogen-bond donors (Lipinski definition) is 1. The van der Waals surface area contributed by atoms with Crippen LogP contribution < -0.4 is 5.32 Å². The summed E-state index contributed by atoms with van der Waals surface area (Å²) in [5.41, 5.74) is -0.422. The monoisotopic (exact) mass is 311 g/mol. The van der Waals surface area contributed by atoms with E-state index >= 15 is 0 Å². The maximum Gasteiger partial charge on any atom is 0.407 e. The van der Waals surface area contributed by atoms with Crippen LogP contribution in [0.2, 0.25) is 0 Å². The van der Waals surface area contributed by atoms with Crippen molar-refractivity contribution in [2.45, 2.75) is 71.1 Å². The Balaban J connectivity index is 1.78. The van der Waals surface area contributed by atoms with Crippen LogP contribution in [0.4, 0.5) is 4.79 Å². The molecule has 1 saturated heterocycles. The zero-order chi connectivity index (χ0) is 16.2. The molecule has 1 unspecified atom stereocenters. The molecule has 1 heterocycles. The van der Waals surface area contributed by atoms with E-state index in [0.29, 0.717) is 6.04 Å². The fraction of sp³-hybridized carbons (Fsp3) is 0.941. The zero-order valence-corrected chi connectivity index (χ0v) is 14.7. The van der Waals surface area contributed by atoms with Crippen LogP contribution in [0.3, 0.4) is 0 Å². The first-order chi connectivity index (χ1) is 10.4. The van der Waals surface area contributed by atoms with Crippen molar-refractivity contribution in [3.8, 4) is 0 Å². The van der Waals surface area contributed by atoms with Crippen LogP contribution in [0.25, 0.3) is 0 Å². The molecule has 2 fully saturated rings. The number of likely N-dealkylation sites (N-methyl/N-ethyl adjacent to an activating group) is 1. The number of carbonyl (C=O) groups is 1. The van der Waals surface area contributed by atoms with Gasteiger partial charge in [0.05, 0.1) is 0 Å². The number of piperazine rings is 1. The summed E-state index contributed by atoms with van der Waals surface area (Å²) in [6, 6.07) is 0.880. The maximum atomic E-state index is 11.9. The number of rotatable bonds is 3. The number of hydrogen-bond acceptors (Lipinski definition) is 4. The number of nitrogens with one attached hydrogen (secondary N) is 1. The van der Waals surface area contributed by atoms with Crippen molar-refractivity contribution >= 4 is 6.09 Å². The minimum atomic E-state index is -0.422. The van der Waals surface area contributed by atoms with Gasteiger partial charge in [-0.25, -0.2) is 4.79 Å². The fourth-order valence-corrected chi connectivity index (χ4v) is 3.55. The highest BCUT2D eigenvalue weighted by Crippen LogP contribution is 2.24. The molecule has 0 aromatic heterocycles. The van der Waals surface area contributed by atoms with Crippen molar-refractivity contribution in [2.75, 3.05) is 32.7 Å². The third kappa shape index (κ3) is 5.43. The maximum absolute atomic E-state index is 11.9. The van der Waals surface area contributed by atoms with Crippen molar-refractivity contribution in [3.05, 3.63) is 0 Å². The van der Waals surface area contributed by atoms with Crippen molar-refractivity contribution in [2.24, 2.45) is 0 Å². The first kappa shape index (κ1) is 17.5. The molecule has 0 aromatic rings. The van der Waals surface area contributed by atoms with Gasteiger partial charge in [0.15, 0.2) is 0 Å². The van der Waals surface area contributed by atoms with Gasteiger partial charge in [0.2, 0.25) is 0 Å². The van der Waals surface area contributed by atoms with E-state index in [-0.39, 0.29) is 12.1 Å². The first-order valence-electron chi connectivity index (χ1n) is 8.83. The molecule has 1 aliphatic carbocycles. The molecule has 5 nitrogen and oxygen atoms in total. The smallest absolute Gasteiger partial charge is 0.407 e. The number of nitrogens with zero attached hydrogens (tertiary/aromatic N) is 2. The van der Waals surface area contributed by atoms with E-state index < -0.39 is 5.60 Å². The predicted octanol–water partition coefficient (Wildman–Crippen LogP) is 2.46. The quantitative estimate of drug-likeness (QED) is 0.869. The fourth-order valence-electron chi connectivity index (χ4n) is 3.55. The standard InChI is InChI=1S/C17H33N3O2/c1-5-19-9-11-20(12-10-19)15-8-6-7-14(13-15)18-16(21)22-17(2,3)4/h14-15H,5-13H2,1-4H3,(H,18,21)/t14-,15?/m1/s1. The molecule has 5 heteroatoms. The molecule has 0 bridgehead atoms. The Morgan fingerprint density at radius 2 is 1.86 bits per heavy atom. The third-order valence-corrected chi connectivity index (χ3v) is 4.74. The van der Waals surface area contributed by atoms with E-state index in [2.05, 4.69) is 22.0 Å². The Labute approximate surface area is 135 Å². The highest BCUT2D eigenvalue weighted by molar-refractivity contribution is 5.68. The number of carbonyl (C=O) groups excluding carboxylic acids is 1. The Morgan fingerprint density at radius 1 is 1.18 bits per heavy atom. The summed E-state index contributed by atoms with van der Waals surface area (Å²) in [7, 11) is 0. The molecule has 0 radical (unpaired) electrons. The van der Waals surface area contributed by atoms with Crippen LogP contribution in [-0.2, 0) is 4.74 Å². The van der Waals surface area contributed by atoms with Gasteiger partial charge in [0.25, 0.3) is 0 Å². The minimum Gasteiger partial charge on any atom is -0.444 e. The summed E-state index contributed by atoms with van der Waals surface area (Å²) in [6.45, 7) is 13.8. The van der Waals surface area contributed by atoms with Crippen LogP contribution in [0.1, 0.15) is 53.4 Å². The van der Waals surface area contributed by atoms with Crippen molar-refractivity contribution in [1.82, 2.24) is 15.1 Å². The van der Waals surface area contributed by atoms with Gasteiger partial charge in [-0.2, -0.15) is 0 Å². The molecular formula is C17H33N3O2. The van der Waals surface area contributed by atoms with Crippen LogP contribution in [0.15, 0.2) is 0 Å². The molecule has 1 saturated carbocycles. The molecule has 1 aliphatic heterocycles. The van der Waals surface area contributed by atoms with E-state index in [1.54, 1.807) is 0 Å². The van der Waals surface area contributed by atoms with Gasteiger partial charge in [-0.1, -0.05) is 6.92 Å². The van der Waals surface area contributed by atoms with Crippen LogP contribution >= 0.6 is 0 Å². The summed E-state index contributed by atoms with van der Waals surface area (Å²) in [5.74, 6) is 0. The van der Waals surface area contributed by atoms with Gasteiger partial charge < -0.3 is 15.0 Å². The summed E-state index contributed by atoms with van der Waals surface area (Å²) in [6.07, 6.45) is 4.32. The van der Waals surface area contributed by atoms with Gasteiger partial charge >= 0.3 is 6.09 Å². The Kier molecular flexibility index (Phi) is 6.09. The zero-order valence-electron chi connectivity index (χ0n) is 14.7. The van der Waals surface area contributed by atoms with Crippen molar-refractivity contribution in [1.29, 1.82) is 0 Å². The molecule has 0 spiro atoms. The molecular weight excluding hydrogens is 278 g/mol. The van der Waals surface area contributed by atoms with Crippen LogP contribution in [0.5, 0.6) is 0 Å². The SMILES string of the molecule is CCN1CCN(C2CCC[C@@H](NC(=O)OC(C)(C)C)C2)CC1. The van der Waals surface area contributed by atoms with Crippen LogP contribution in [-0.4, -0.2) is 66.3 Å². The van der Waals surface area contributed by atoms with E-state index in [1.807, 2.05) is 20.8 Å². The van der Waals surface area contributed by atoms with Gasteiger partial charge in [0, 0.05) is 38.3 Å². The second-order valence-corrected chi connectivity index (χ2v) is 7.63. The van der Waals surface area contributed by atoms with E-state index in [9.17, 15) is 4.79 Å². The Hall–Kier alpha value is -0.810. The van der Waals surface area contributed by atoms with Crippen molar-refractivity contribution < 1.29 is 9.53 Å². The lowest BCUT2D eigenvalue weighted by atomic mass is 9.89. The van der Waals surface area contributed by atoms with Gasteiger partial charge in [0.1, 0.15) is 5.60 Å². The number of ether oxygens (including phenoxy) is 1. The molecule has 128 valence electrons. The summed E-state index contributed by atoms with van der Waals surface area (Å²) in [5, 5.41) is 3.07. The second-order valence-electron chi connectivity index (χ2n) is 7.63. The summed E-state index contributed by atoms with van der Waals surface area (Å²) in [4.78, 5) is 17.1. The Bertz CT molecular complexity index is 359. The van der Waals surface area contributed by atoms with Gasteiger partial charge in [-0.05, 0) is 53.0 Å². The molecule has 0 aromatic carbocycles. The number of alkyl carbamates (subject to hydrolysis) is 1. The Morgan fingerprint density at radius 3 is 2.45 bits per heavy atom. The van der Waals surface area contributed by atoms with E-state index in [4.69, 9.17) is 4.74 Å². The molecule has 22 heavy (non-hydrogen) atoms. The van der Waals surface area contributed by atoms with Gasteiger partial charge in [-0.3, -0.25) is 4.90 Å².